The third kappa shape index (κ3) is 5.12. The lowest BCUT2D eigenvalue weighted by Crippen LogP contribution is -2.37. The van der Waals surface area contributed by atoms with Crippen LogP contribution in [0.15, 0.2) is 24.3 Å². The van der Waals surface area contributed by atoms with E-state index in [0.717, 1.165) is 19.6 Å². The van der Waals surface area contributed by atoms with Crippen LogP contribution >= 0.6 is 0 Å². The van der Waals surface area contributed by atoms with Gasteiger partial charge in [0.05, 0.1) is 0 Å². The molecule has 0 atom stereocenters. The Hall–Kier alpha value is -0.860. The topological polar surface area (TPSA) is 15.3 Å². The zero-order chi connectivity index (χ0) is 15.1. The number of hydrogen-bond donors (Lipinski definition) is 1. The van der Waals surface area contributed by atoms with Crippen LogP contribution in [0.4, 0.5) is 0 Å². The summed E-state index contributed by atoms with van der Waals surface area (Å²) in [6, 6.07) is 9.16. The van der Waals surface area contributed by atoms with Gasteiger partial charge in [-0.05, 0) is 55.4 Å². The van der Waals surface area contributed by atoms with E-state index in [4.69, 9.17) is 0 Å². The van der Waals surface area contributed by atoms with Gasteiger partial charge in [0.2, 0.25) is 0 Å². The molecule has 0 bridgehead atoms. The van der Waals surface area contributed by atoms with Crippen molar-refractivity contribution < 1.29 is 0 Å². The van der Waals surface area contributed by atoms with Crippen LogP contribution in [0.25, 0.3) is 0 Å². The molecule has 1 fully saturated rings. The second-order valence-corrected chi connectivity index (χ2v) is 6.93. The molecule has 0 unspecified atom stereocenters. The van der Waals surface area contributed by atoms with E-state index in [9.17, 15) is 0 Å². The fourth-order valence-corrected chi connectivity index (χ4v) is 3.03. The van der Waals surface area contributed by atoms with Gasteiger partial charge in [-0.1, -0.05) is 51.5 Å². The average Bonchev–Trinajstić information content (AvgIpc) is 2.52. The summed E-state index contributed by atoms with van der Waals surface area (Å²) in [6.45, 7) is 12.7. The van der Waals surface area contributed by atoms with E-state index in [-0.39, 0.29) is 0 Å². The number of nitrogens with zero attached hydrogens (tertiary/aromatic N) is 1. The van der Waals surface area contributed by atoms with E-state index in [1.165, 1.54) is 49.9 Å². The molecule has 1 aromatic rings. The summed E-state index contributed by atoms with van der Waals surface area (Å²) < 4.78 is 0. The van der Waals surface area contributed by atoms with Crippen LogP contribution in [0.5, 0.6) is 0 Å². The monoisotopic (exact) mass is 288 g/mol. The lowest BCUT2D eigenvalue weighted by Gasteiger charge is -2.39. The fourth-order valence-electron chi connectivity index (χ4n) is 3.03. The van der Waals surface area contributed by atoms with Crippen LogP contribution < -0.4 is 5.32 Å². The second-order valence-electron chi connectivity index (χ2n) is 6.93. The largest absolute Gasteiger partial charge is 0.313 e. The minimum absolute atomic E-state index is 0.589. The van der Waals surface area contributed by atoms with Gasteiger partial charge in [0.15, 0.2) is 0 Å². The smallest absolute Gasteiger partial charge is 0.0233 e. The molecule has 0 spiro atoms. The molecule has 2 heteroatoms. The number of benzene rings is 1. The first-order valence-electron chi connectivity index (χ1n) is 8.66. The molecule has 0 aromatic heterocycles. The van der Waals surface area contributed by atoms with Crippen LogP contribution in [-0.2, 0) is 13.1 Å². The van der Waals surface area contributed by atoms with Crippen molar-refractivity contribution in [2.45, 2.75) is 59.5 Å². The zero-order valence-electron chi connectivity index (χ0n) is 14.1. The van der Waals surface area contributed by atoms with Gasteiger partial charge < -0.3 is 5.32 Å². The standard InChI is InChI=1S/C19H32N2/c1-4-12-20-15-17-6-8-18(9-7-17)16-21-13-10-19(3,5-2)11-14-21/h6-9,20H,4-5,10-16H2,1-3H3. The quantitative estimate of drug-likeness (QED) is 0.757. The number of hydrogen-bond acceptors (Lipinski definition) is 2. The highest BCUT2D eigenvalue weighted by Crippen LogP contribution is 2.34. The van der Waals surface area contributed by atoms with Crippen LogP contribution in [0.1, 0.15) is 57.6 Å². The van der Waals surface area contributed by atoms with Crippen LogP contribution in [-0.4, -0.2) is 24.5 Å². The molecule has 0 aliphatic carbocycles. The van der Waals surface area contributed by atoms with Gasteiger partial charge in [0.25, 0.3) is 0 Å². The minimum atomic E-state index is 0.589. The predicted molar refractivity (Wildman–Crippen MR) is 91.3 cm³/mol. The Labute approximate surface area is 130 Å². The summed E-state index contributed by atoms with van der Waals surface area (Å²) in [5.41, 5.74) is 3.43. The molecule has 118 valence electrons. The normalized spacial score (nSPS) is 18.8. The molecule has 1 aliphatic rings. The lowest BCUT2D eigenvalue weighted by atomic mass is 9.78. The van der Waals surface area contributed by atoms with E-state index in [1.54, 1.807) is 0 Å². The summed E-state index contributed by atoms with van der Waals surface area (Å²) in [6.07, 6.45) is 5.22. The second kappa shape index (κ2) is 7.95. The van der Waals surface area contributed by atoms with E-state index < -0.39 is 0 Å². The Kier molecular flexibility index (Phi) is 6.25. The zero-order valence-corrected chi connectivity index (χ0v) is 14.1. The van der Waals surface area contributed by atoms with Gasteiger partial charge in [0, 0.05) is 13.1 Å². The highest BCUT2D eigenvalue weighted by atomic mass is 15.1. The Balaban J connectivity index is 1.78. The molecule has 1 aromatic carbocycles. The fraction of sp³-hybridized carbons (Fsp3) is 0.684. The lowest BCUT2D eigenvalue weighted by molar-refractivity contribution is 0.109. The maximum absolute atomic E-state index is 3.46. The van der Waals surface area contributed by atoms with Gasteiger partial charge in [0.1, 0.15) is 0 Å². The summed E-state index contributed by atoms with van der Waals surface area (Å²) >= 11 is 0. The maximum Gasteiger partial charge on any atom is 0.0233 e. The molecule has 2 rings (SSSR count). The molecule has 1 N–H and O–H groups in total. The summed E-state index contributed by atoms with van der Waals surface area (Å²) in [4.78, 5) is 2.61. The number of piperidine rings is 1. The van der Waals surface area contributed by atoms with Crippen molar-refractivity contribution in [1.82, 2.24) is 10.2 Å². The Bertz CT molecular complexity index is 402. The van der Waals surface area contributed by atoms with Gasteiger partial charge >= 0.3 is 0 Å². The SMILES string of the molecule is CCCNCc1ccc(CN2CCC(C)(CC)CC2)cc1. The first-order chi connectivity index (χ1) is 10.1. The van der Waals surface area contributed by atoms with E-state index >= 15 is 0 Å². The van der Waals surface area contributed by atoms with Crippen molar-refractivity contribution in [3.05, 3.63) is 35.4 Å². The van der Waals surface area contributed by atoms with Gasteiger partial charge in [-0.15, -0.1) is 0 Å². The number of likely N-dealkylation sites (tertiary alicyclic amines) is 1. The first kappa shape index (κ1) is 16.5. The Morgan fingerprint density at radius 3 is 2.24 bits per heavy atom. The molecule has 1 heterocycles. The number of nitrogens with one attached hydrogen (secondary N) is 1. The van der Waals surface area contributed by atoms with Crippen LogP contribution in [0.2, 0.25) is 0 Å². The number of rotatable bonds is 7. The van der Waals surface area contributed by atoms with Crippen molar-refractivity contribution >= 4 is 0 Å². The molecule has 1 saturated heterocycles. The molecule has 0 saturated carbocycles. The maximum atomic E-state index is 3.46. The highest BCUT2D eigenvalue weighted by molar-refractivity contribution is 5.22. The van der Waals surface area contributed by atoms with Gasteiger partial charge in [-0.25, -0.2) is 0 Å². The van der Waals surface area contributed by atoms with Crippen molar-refractivity contribution in [3.63, 3.8) is 0 Å². The van der Waals surface area contributed by atoms with Crippen LogP contribution in [0, 0.1) is 5.41 Å². The molecule has 1 aliphatic heterocycles. The predicted octanol–water partition coefficient (Wildman–Crippen LogP) is 4.20. The Morgan fingerprint density at radius 2 is 1.67 bits per heavy atom. The van der Waals surface area contributed by atoms with Crippen molar-refractivity contribution in [1.29, 1.82) is 0 Å². The molecule has 0 radical (unpaired) electrons. The minimum Gasteiger partial charge on any atom is -0.313 e. The molecule has 0 amide bonds. The van der Waals surface area contributed by atoms with E-state index in [0.29, 0.717) is 5.41 Å². The van der Waals surface area contributed by atoms with Crippen molar-refractivity contribution in [2.24, 2.45) is 5.41 Å². The average molecular weight is 288 g/mol. The molecule has 21 heavy (non-hydrogen) atoms. The summed E-state index contributed by atoms with van der Waals surface area (Å²) in [7, 11) is 0. The third-order valence-corrected chi connectivity index (χ3v) is 5.10. The van der Waals surface area contributed by atoms with Gasteiger partial charge in [-0.3, -0.25) is 4.90 Å². The van der Waals surface area contributed by atoms with E-state index in [1.807, 2.05) is 0 Å². The highest BCUT2D eigenvalue weighted by Gasteiger charge is 2.27. The van der Waals surface area contributed by atoms with Crippen LogP contribution in [0.3, 0.4) is 0 Å². The summed E-state index contributed by atoms with van der Waals surface area (Å²) in [5.74, 6) is 0. The first-order valence-corrected chi connectivity index (χ1v) is 8.66. The molecule has 2 nitrogen and oxygen atoms in total. The Morgan fingerprint density at radius 1 is 1.05 bits per heavy atom. The molecular formula is C19H32N2. The third-order valence-electron chi connectivity index (χ3n) is 5.10. The summed E-state index contributed by atoms with van der Waals surface area (Å²) in [5, 5.41) is 3.46. The van der Waals surface area contributed by atoms with Gasteiger partial charge in [-0.2, -0.15) is 0 Å². The van der Waals surface area contributed by atoms with Crippen molar-refractivity contribution in [3.8, 4) is 0 Å². The molecular weight excluding hydrogens is 256 g/mol. The van der Waals surface area contributed by atoms with E-state index in [2.05, 4.69) is 55.3 Å². The van der Waals surface area contributed by atoms with Crippen molar-refractivity contribution in [2.75, 3.05) is 19.6 Å².